The van der Waals surface area contributed by atoms with E-state index in [9.17, 15) is 4.39 Å². The highest BCUT2D eigenvalue weighted by molar-refractivity contribution is 5.19. The molecule has 0 aliphatic rings. The van der Waals surface area contributed by atoms with Crippen molar-refractivity contribution in [1.29, 1.82) is 0 Å². The molecule has 0 aliphatic heterocycles. The third-order valence-corrected chi connectivity index (χ3v) is 2.48. The Balaban J connectivity index is 2.45. The molecule has 0 fully saturated rings. The number of halogens is 1. The van der Waals surface area contributed by atoms with E-state index in [4.69, 9.17) is 4.74 Å². The predicted octanol–water partition coefficient (Wildman–Crippen LogP) is 2.90. The molecule has 0 saturated carbocycles. The van der Waals surface area contributed by atoms with Crippen molar-refractivity contribution in [3.63, 3.8) is 0 Å². The molecule has 2 nitrogen and oxygen atoms in total. The van der Waals surface area contributed by atoms with Crippen molar-refractivity contribution in [1.82, 2.24) is 5.32 Å². The second kappa shape index (κ2) is 6.61. The molecule has 90 valence electrons. The molecule has 16 heavy (non-hydrogen) atoms. The first-order valence-electron chi connectivity index (χ1n) is 5.72. The van der Waals surface area contributed by atoms with Crippen LogP contribution in [0.3, 0.4) is 0 Å². The molecule has 2 atom stereocenters. The van der Waals surface area contributed by atoms with E-state index in [2.05, 4.69) is 19.2 Å². The molecule has 1 rings (SSSR count). The fourth-order valence-corrected chi connectivity index (χ4v) is 1.62. The molecule has 0 amide bonds. The normalized spacial score (nSPS) is 14.8. The average molecular weight is 225 g/mol. The topological polar surface area (TPSA) is 21.3 Å². The zero-order valence-corrected chi connectivity index (χ0v) is 10.2. The molecular formula is C13H20FNO. The lowest BCUT2D eigenvalue weighted by Gasteiger charge is -2.20. The number of nitrogens with one attached hydrogen (secondary N) is 1. The quantitative estimate of drug-likeness (QED) is 0.803. The molecule has 0 saturated heterocycles. The Morgan fingerprint density at radius 3 is 2.44 bits per heavy atom. The van der Waals surface area contributed by atoms with Gasteiger partial charge in [0.25, 0.3) is 0 Å². The van der Waals surface area contributed by atoms with E-state index >= 15 is 0 Å². The van der Waals surface area contributed by atoms with Crippen molar-refractivity contribution in [2.24, 2.45) is 0 Å². The van der Waals surface area contributed by atoms with Crippen molar-refractivity contribution in [3.05, 3.63) is 35.6 Å². The monoisotopic (exact) mass is 225 g/mol. The smallest absolute Gasteiger partial charge is 0.123 e. The van der Waals surface area contributed by atoms with Crippen LogP contribution in [0.2, 0.25) is 0 Å². The van der Waals surface area contributed by atoms with Gasteiger partial charge in [-0.1, -0.05) is 12.1 Å². The minimum Gasteiger partial charge on any atom is -0.380 e. The van der Waals surface area contributed by atoms with Crippen LogP contribution in [0.15, 0.2) is 24.3 Å². The van der Waals surface area contributed by atoms with Crippen molar-refractivity contribution in [2.75, 3.05) is 13.2 Å². The highest BCUT2D eigenvalue weighted by atomic mass is 19.1. The van der Waals surface area contributed by atoms with Crippen LogP contribution in [-0.2, 0) is 4.74 Å². The lowest BCUT2D eigenvalue weighted by atomic mass is 10.1. The summed E-state index contributed by atoms with van der Waals surface area (Å²) < 4.78 is 18.1. The molecule has 1 aromatic rings. The summed E-state index contributed by atoms with van der Waals surface area (Å²) in [5.74, 6) is -0.196. The van der Waals surface area contributed by atoms with E-state index < -0.39 is 0 Å². The van der Waals surface area contributed by atoms with Crippen LogP contribution in [0.25, 0.3) is 0 Å². The highest BCUT2D eigenvalue weighted by Gasteiger charge is 2.09. The molecule has 0 bridgehead atoms. The van der Waals surface area contributed by atoms with Gasteiger partial charge in [0.05, 0.1) is 6.61 Å². The summed E-state index contributed by atoms with van der Waals surface area (Å²) >= 11 is 0. The van der Waals surface area contributed by atoms with Crippen LogP contribution in [0.5, 0.6) is 0 Å². The van der Waals surface area contributed by atoms with Gasteiger partial charge >= 0.3 is 0 Å². The highest BCUT2D eigenvalue weighted by Crippen LogP contribution is 2.13. The van der Waals surface area contributed by atoms with E-state index in [1.54, 1.807) is 12.1 Å². The Hall–Kier alpha value is -0.930. The van der Waals surface area contributed by atoms with E-state index in [-0.39, 0.29) is 11.9 Å². The van der Waals surface area contributed by atoms with Gasteiger partial charge in [-0.05, 0) is 38.5 Å². The van der Waals surface area contributed by atoms with Crippen LogP contribution in [0.1, 0.15) is 32.4 Å². The van der Waals surface area contributed by atoms with Gasteiger partial charge < -0.3 is 10.1 Å². The zero-order valence-electron chi connectivity index (χ0n) is 10.2. The number of rotatable bonds is 6. The van der Waals surface area contributed by atoms with Gasteiger partial charge in [-0.3, -0.25) is 0 Å². The van der Waals surface area contributed by atoms with Gasteiger partial charge in [-0.25, -0.2) is 4.39 Å². The van der Waals surface area contributed by atoms with Crippen LogP contribution >= 0.6 is 0 Å². The summed E-state index contributed by atoms with van der Waals surface area (Å²) in [7, 11) is 0. The fraction of sp³-hybridized carbons (Fsp3) is 0.538. The second-order valence-corrected chi connectivity index (χ2v) is 4.00. The van der Waals surface area contributed by atoms with Gasteiger partial charge in [0.15, 0.2) is 0 Å². The summed E-state index contributed by atoms with van der Waals surface area (Å²) in [6.07, 6.45) is 0. The summed E-state index contributed by atoms with van der Waals surface area (Å²) in [6.45, 7) is 7.56. The van der Waals surface area contributed by atoms with Crippen LogP contribution < -0.4 is 5.32 Å². The molecule has 0 aliphatic carbocycles. The van der Waals surface area contributed by atoms with E-state index in [0.29, 0.717) is 12.6 Å². The number of benzene rings is 1. The van der Waals surface area contributed by atoms with E-state index in [1.807, 2.05) is 6.92 Å². The molecule has 0 heterocycles. The molecule has 2 unspecified atom stereocenters. The lowest BCUT2D eigenvalue weighted by Crippen LogP contribution is -2.32. The Morgan fingerprint density at radius 1 is 1.25 bits per heavy atom. The lowest BCUT2D eigenvalue weighted by molar-refractivity contribution is 0.124. The van der Waals surface area contributed by atoms with Crippen LogP contribution in [0, 0.1) is 5.82 Å². The van der Waals surface area contributed by atoms with E-state index in [1.165, 1.54) is 12.1 Å². The van der Waals surface area contributed by atoms with Crippen molar-refractivity contribution in [3.8, 4) is 0 Å². The first-order chi connectivity index (χ1) is 7.63. The Kier molecular flexibility index (Phi) is 5.43. The molecular weight excluding hydrogens is 205 g/mol. The van der Waals surface area contributed by atoms with Gasteiger partial charge in [-0.15, -0.1) is 0 Å². The summed E-state index contributed by atoms with van der Waals surface area (Å²) in [5.41, 5.74) is 1.09. The van der Waals surface area contributed by atoms with Crippen molar-refractivity contribution >= 4 is 0 Å². The number of hydrogen-bond donors (Lipinski definition) is 1. The SMILES string of the molecule is CCOCC(C)NC(C)c1ccc(F)cc1. The predicted molar refractivity (Wildman–Crippen MR) is 63.9 cm³/mol. The minimum absolute atomic E-state index is 0.196. The largest absolute Gasteiger partial charge is 0.380 e. The average Bonchev–Trinajstić information content (AvgIpc) is 2.27. The van der Waals surface area contributed by atoms with Gasteiger partial charge in [0, 0.05) is 18.7 Å². The molecule has 0 spiro atoms. The molecule has 0 aromatic heterocycles. The molecule has 1 N–H and O–H groups in total. The Bertz CT molecular complexity index is 299. The van der Waals surface area contributed by atoms with Gasteiger partial charge in [0.1, 0.15) is 5.82 Å². The first-order valence-corrected chi connectivity index (χ1v) is 5.72. The first kappa shape index (κ1) is 13.1. The summed E-state index contributed by atoms with van der Waals surface area (Å²) in [6, 6.07) is 7.08. The third-order valence-electron chi connectivity index (χ3n) is 2.48. The summed E-state index contributed by atoms with van der Waals surface area (Å²) in [4.78, 5) is 0. The van der Waals surface area contributed by atoms with Crippen LogP contribution in [-0.4, -0.2) is 19.3 Å². The maximum atomic E-state index is 12.7. The molecule has 3 heteroatoms. The number of ether oxygens (including phenoxy) is 1. The fourth-order valence-electron chi connectivity index (χ4n) is 1.62. The van der Waals surface area contributed by atoms with Crippen LogP contribution in [0.4, 0.5) is 4.39 Å². The minimum atomic E-state index is -0.196. The Labute approximate surface area is 96.8 Å². The van der Waals surface area contributed by atoms with Gasteiger partial charge in [-0.2, -0.15) is 0 Å². The maximum absolute atomic E-state index is 12.7. The van der Waals surface area contributed by atoms with Crippen molar-refractivity contribution in [2.45, 2.75) is 32.9 Å². The maximum Gasteiger partial charge on any atom is 0.123 e. The second-order valence-electron chi connectivity index (χ2n) is 4.00. The third kappa shape index (κ3) is 4.29. The van der Waals surface area contributed by atoms with E-state index in [0.717, 1.165) is 12.2 Å². The van der Waals surface area contributed by atoms with Gasteiger partial charge in [0.2, 0.25) is 0 Å². The zero-order chi connectivity index (χ0) is 12.0. The molecule has 0 radical (unpaired) electrons. The standard InChI is InChI=1S/C13H20FNO/c1-4-16-9-10(2)15-11(3)12-5-7-13(14)8-6-12/h5-8,10-11,15H,4,9H2,1-3H3. The molecule has 1 aromatic carbocycles. The number of hydrogen-bond acceptors (Lipinski definition) is 2. The van der Waals surface area contributed by atoms with Crippen molar-refractivity contribution < 1.29 is 9.13 Å². The summed E-state index contributed by atoms with van der Waals surface area (Å²) in [5, 5.41) is 3.40. The Morgan fingerprint density at radius 2 is 1.88 bits per heavy atom.